The standard InChI is InChI=1S/C35H35Cl2NO3/c1-4-16-35(41)17-15-29-27-12-7-22-18-25(39)11-13-26(22)32(27)28(20-34(29,35)2)21-5-9-24(10-6-21)38(3)33(40)23-8-14-30(36)31(37)19-23/h5-6,8-10,14,18-19,27-29,41H,7,11-13,15,17,20H2,1-3H3/t27-,28+,29-,34-,35-/m0/s1. The number of carbonyl (C=O) groups is 2. The number of aliphatic hydroxyl groups is 1. The van der Waals surface area contributed by atoms with Crippen molar-refractivity contribution in [3.63, 3.8) is 0 Å². The Balaban J connectivity index is 1.39. The third-order valence-corrected chi connectivity index (χ3v) is 11.1. The van der Waals surface area contributed by atoms with Crippen molar-refractivity contribution in [2.45, 2.75) is 70.3 Å². The molecule has 2 aromatic carbocycles. The molecule has 0 aromatic heterocycles. The predicted octanol–water partition coefficient (Wildman–Crippen LogP) is 7.92. The van der Waals surface area contributed by atoms with Crippen molar-refractivity contribution in [3.8, 4) is 11.8 Å². The van der Waals surface area contributed by atoms with Crippen LogP contribution in [0.25, 0.3) is 0 Å². The van der Waals surface area contributed by atoms with E-state index in [9.17, 15) is 14.7 Å². The third kappa shape index (κ3) is 4.58. The summed E-state index contributed by atoms with van der Waals surface area (Å²) in [7, 11) is 1.76. The molecule has 4 nitrogen and oxygen atoms in total. The van der Waals surface area contributed by atoms with Crippen molar-refractivity contribution in [1.82, 2.24) is 0 Å². The van der Waals surface area contributed by atoms with Gasteiger partial charge in [0.25, 0.3) is 5.91 Å². The summed E-state index contributed by atoms with van der Waals surface area (Å²) in [6.07, 6.45) is 7.64. The Kier molecular flexibility index (Phi) is 7.22. The summed E-state index contributed by atoms with van der Waals surface area (Å²) in [6.45, 7) is 4.06. The van der Waals surface area contributed by atoms with Gasteiger partial charge in [0.1, 0.15) is 5.60 Å². The molecule has 41 heavy (non-hydrogen) atoms. The van der Waals surface area contributed by atoms with Crippen LogP contribution in [-0.2, 0) is 4.79 Å². The van der Waals surface area contributed by atoms with Crippen LogP contribution in [0.4, 0.5) is 5.69 Å². The first kappa shape index (κ1) is 28.3. The molecule has 4 aliphatic rings. The number of amides is 1. The highest BCUT2D eigenvalue weighted by Crippen LogP contribution is 2.66. The minimum absolute atomic E-state index is 0.113. The second kappa shape index (κ2) is 10.5. The maximum absolute atomic E-state index is 13.2. The van der Waals surface area contributed by atoms with Gasteiger partial charge < -0.3 is 10.0 Å². The van der Waals surface area contributed by atoms with Crippen molar-refractivity contribution in [3.05, 3.63) is 86.4 Å². The smallest absolute Gasteiger partial charge is 0.258 e. The van der Waals surface area contributed by atoms with E-state index in [4.69, 9.17) is 23.2 Å². The van der Waals surface area contributed by atoms with Gasteiger partial charge >= 0.3 is 0 Å². The van der Waals surface area contributed by atoms with Crippen LogP contribution in [0.2, 0.25) is 10.0 Å². The van der Waals surface area contributed by atoms with Crippen LogP contribution in [0.1, 0.15) is 80.6 Å². The Hall–Kier alpha value is -2.84. The second-order valence-electron chi connectivity index (χ2n) is 12.4. The molecule has 0 heterocycles. The molecule has 0 saturated heterocycles. The zero-order valence-corrected chi connectivity index (χ0v) is 25.3. The first-order valence-electron chi connectivity index (χ1n) is 14.5. The van der Waals surface area contributed by atoms with Gasteiger partial charge in [0.05, 0.1) is 10.0 Å². The molecule has 6 rings (SSSR count). The largest absolute Gasteiger partial charge is 0.377 e. The molecule has 0 aliphatic heterocycles. The maximum Gasteiger partial charge on any atom is 0.258 e. The Morgan fingerprint density at radius 1 is 1.05 bits per heavy atom. The normalized spacial score (nSPS) is 30.4. The molecule has 0 spiro atoms. The number of benzene rings is 2. The number of rotatable bonds is 3. The van der Waals surface area contributed by atoms with Gasteiger partial charge in [-0.25, -0.2) is 0 Å². The number of ketones is 1. The monoisotopic (exact) mass is 587 g/mol. The predicted molar refractivity (Wildman–Crippen MR) is 164 cm³/mol. The van der Waals surface area contributed by atoms with Crippen LogP contribution in [-0.4, -0.2) is 29.4 Å². The van der Waals surface area contributed by atoms with E-state index in [1.807, 2.05) is 25.1 Å². The molecule has 4 aliphatic carbocycles. The average Bonchev–Trinajstić information content (AvgIpc) is 3.23. The molecule has 1 N–H and O–H groups in total. The fraction of sp³-hybridized carbons (Fsp3) is 0.429. The number of hydrogen-bond donors (Lipinski definition) is 1. The first-order chi connectivity index (χ1) is 19.6. The highest BCUT2D eigenvalue weighted by molar-refractivity contribution is 6.42. The van der Waals surface area contributed by atoms with Crippen LogP contribution < -0.4 is 4.90 Å². The third-order valence-electron chi connectivity index (χ3n) is 10.4. The molecule has 5 atom stereocenters. The Morgan fingerprint density at radius 2 is 1.80 bits per heavy atom. The Morgan fingerprint density at radius 3 is 2.51 bits per heavy atom. The zero-order chi connectivity index (χ0) is 29.1. The van der Waals surface area contributed by atoms with Crippen LogP contribution in [0.3, 0.4) is 0 Å². The van der Waals surface area contributed by atoms with Crippen molar-refractivity contribution in [1.29, 1.82) is 0 Å². The van der Waals surface area contributed by atoms with Gasteiger partial charge in [0.2, 0.25) is 0 Å². The van der Waals surface area contributed by atoms with Crippen molar-refractivity contribution >= 4 is 40.6 Å². The lowest BCUT2D eigenvalue weighted by molar-refractivity contribution is -0.114. The molecule has 6 heteroatoms. The molecule has 2 saturated carbocycles. The van der Waals surface area contributed by atoms with Crippen LogP contribution in [0.15, 0.2) is 65.3 Å². The molecule has 1 amide bonds. The lowest BCUT2D eigenvalue weighted by Crippen LogP contribution is -2.51. The second-order valence-corrected chi connectivity index (χ2v) is 13.2. The van der Waals surface area contributed by atoms with E-state index in [2.05, 4.69) is 30.9 Å². The summed E-state index contributed by atoms with van der Waals surface area (Å²) < 4.78 is 0. The Labute approximate surface area is 252 Å². The summed E-state index contributed by atoms with van der Waals surface area (Å²) in [4.78, 5) is 27.1. The van der Waals surface area contributed by atoms with Gasteiger partial charge in [-0.1, -0.05) is 53.8 Å². The number of fused-ring (bicyclic) bond motifs is 4. The zero-order valence-electron chi connectivity index (χ0n) is 23.8. The topological polar surface area (TPSA) is 57.6 Å². The quantitative estimate of drug-likeness (QED) is 0.371. The van der Waals surface area contributed by atoms with Gasteiger partial charge in [0, 0.05) is 36.1 Å². The molecule has 2 fully saturated rings. The van der Waals surface area contributed by atoms with Gasteiger partial charge in [0.15, 0.2) is 5.78 Å². The van der Waals surface area contributed by atoms with Crippen molar-refractivity contribution in [2.24, 2.45) is 17.3 Å². The number of hydrogen-bond acceptors (Lipinski definition) is 3. The van der Waals surface area contributed by atoms with Crippen LogP contribution >= 0.6 is 23.2 Å². The molecule has 0 radical (unpaired) electrons. The van der Waals surface area contributed by atoms with E-state index in [1.165, 1.54) is 22.3 Å². The van der Waals surface area contributed by atoms with E-state index in [1.54, 1.807) is 30.1 Å². The summed E-state index contributed by atoms with van der Waals surface area (Å²) in [5, 5.41) is 12.6. The number of anilines is 1. The van der Waals surface area contributed by atoms with Gasteiger partial charge in [-0.2, -0.15) is 0 Å². The number of carbonyl (C=O) groups excluding carboxylic acids is 2. The van der Waals surface area contributed by atoms with E-state index < -0.39 is 5.60 Å². The van der Waals surface area contributed by atoms with Gasteiger partial charge in [-0.3, -0.25) is 9.59 Å². The number of nitrogens with zero attached hydrogens (tertiary/aromatic N) is 1. The first-order valence-corrected chi connectivity index (χ1v) is 15.3. The lowest BCUT2D eigenvalue weighted by atomic mass is 9.51. The van der Waals surface area contributed by atoms with Crippen LogP contribution in [0.5, 0.6) is 0 Å². The average molecular weight is 589 g/mol. The van der Waals surface area contributed by atoms with E-state index >= 15 is 0 Å². The SMILES string of the molecule is CC#C[C@]1(O)CC[C@H]2[C@@H]3CCC4=CC(=O)CCC4=C3[C@@H](c3ccc(N(C)C(=O)c4ccc(Cl)c(Cl)c4)cc3)C[C@@]21C. The van der Waals surface area contributed by atoms with E-state index in [-0.39, 0.29) is 23.0 Å². The molecule has 0 unspecified atom stereocenters. The highest BCUT2D eigenvalue weighted by Gasteiger charge is 2.62. The minimum atomic E-state index is -1.01. The van der Waals surface area contributed by atoms with Crippen LogP contribution in [0, 0.1) is 29.1 Å². The molecule has 212 valence electrons. The summed E-state index contributed by atoms with van der Waals surface area (Å²) in [5.41, 5.74) is 5.14. The summed E-state index contributed by atoms with van der Waals surface area (Å²) in [5.74, 6) is 7.15. The summed E-state index contributed by atoms with van der Waals surface area (Å²) >= 11 is 12.2. The number of allylic oxidation sites excluding steroid dienone is 4. The van der Waals surface area contributed by atoms with Crippen molar-refractivity contribution in [2.75, 3.05) is 11.9 Å². The van der Waals surface area contributed by atoms with E-state index in [0.29, 0.717) is 40.3 Å². The van der Waals surface area contributed by atoms with E-state index in [0.717, 1.165) is 37.8 Å². The lowest BCUT2D eigenvalue weighted by Gasteiger charge is -2.53. The summed E-state index contributed by atoms with van der Waals surface area (Å²) in [6, 6.07) is 13.1. The van der Waals surface area contributed by atoms with Gasteiger partial charge in [-0.05, 0) is 110 Å². The fourth-order valence-corrected chi connectivity index (χ4v) is 8.54. The number of halogens is 2. The molecule has 2 aromatic rings. The Bertz CT molecular complexity index is 1560. The fourth-order valence-electron chi connectivity index (χ4n) is 8.25. The van der Waals surface area contributed by atoms with Gasteiger partial charge in [-0.15, -0.1) is 5.92 Å². The van der Waals surface area contributed by atoms with Crippen molar-refractivity contribution < 1.29 is 14.7 Å². The molecular formula is C35H35Cl2NO3. The molecule has 0 bridgehead atoms. The molecular weight excluding hydrogens is 553 g/mol. The maximum atomic E-state index is 13.2. The minimum Gasteiger partial charge on any atom is -0.377 e. The highest BCUT2D eigenvalue weighted by atomic mass is 35.5.